The van der Waals surface area contributed by atoms with Gasteiger partial charge in [-0.25, -0.2) is 4.98 Å². The third-order valence-corrected chi connectivity index (χ3v) is 6.59. The van der Waals surface area contributed by atoms with Crippen LogP contribution in [0.25, 0.3) is 11.0 Å². The first-order valence-electron chi connectivity index (χ1n) is 9.90. The van der Waals surface area contributed by atoms with E-state index in [1.807, 2.05) is 6.20 Å². The predicted octanol–water partition coefficient (Wildman–Crippen LogP) is 2.53. The lowest BCUT2D eigenvalue weighted by Gasteiger charge is -2.43. The summed E-state index contributed by atoms with van der Waals surface area (Å²) < 4.78 is 2.44. The Morgan fingerprint density at radius 2 is 2.12 bits per heavy atom. The maximum atomic E-state index is 5.61. The van der Waals surface area contributed by atoms with E-state index in [0.29, 0.717) is 6.04 Å². The van der Waals surface area contributed by atoms with Crippen LogP contribution in [-0.4, -0.2) is 45.2 Å². The molecule has 3 N–H and O–H groups in total. The highest BCUT2D eigenvalue weighted by Gasteiger charge is 2.40. The summed E-state index contributed by atoms with van der Waals surface area (Å²) in [5.41, 5.74) is 2.25. The van der Waals surface area contributed by atoms with Crippen LogP contribution in [0, 0.1) is 0 Å². The lowest BCUT2D eigenvalue weighted by Crippen LogP contribution is -2.52. The number of hydrogen-bond acceptors (Lipinski definition) is 5. The minimum Gasteiger partial charge on any atom is -0.372 e. The molecule has 7 heteroatoms. The summed E-state index contributed by atoms with van der Waals surface area (Å²) in [6, 6.07) is 2.56. The Bertz CT molecular complexity index is 832. The zero-order valence-corrected chi connectivity index (χ0v) is 15.9. The number of fused-ring (bicyclic) bond motifs is 4. The Hall–Kier alpha value is -1.73. The van der Waals surface area contributed by atoms with Crippen molar-refractivity contribution in [2.45, 2.75) is 56.5 Å². The average molecular weight is 371 g/mol. The van der Waals surface area contributed by atoms with Gasteiger partial charge in [-0.1, -0.05) is 31.5 Å². The minimum atomic E-state index is 0.107. The first-order valence-corrected chi connectivity index (χ1v) is 10.3. The van der Waals surface area contributed by atoms with E-state index < -0.39 is 0 Å². The molecule has 0 radical (unpaired) electrons. The van der Waals surface area contributed by atoms with Crippen molar-refractivity contribution in [2.24, 2.45) is 0 Å². The number of anilines is 1. The Balaban J connectivity index is 1.57. The molecule has 0 bridgehead atoms. The van der Waals surface area contributed by atoms with Gasteiger partial charge in [0.25, 0.3) is 0 Å². The van der Waals surface area contributed by atoms with Crippen LogP contribution in [0.15, 0.2) is 12.3 Å². The van der Waals surface area contributed by atoms with Crippen LogP contribution in [0.3, 0.4) is 0 Å². The lowest BCUT2D eigenvalue weighted by molar-refractivity contribution is 0.193. The molecule has 5 rings (SSSR count). The zero-order chi connectivity index (χ0) is 17.6. The molecule has 1 saturated carbocycles. The molecule has 0 amide bonds. The molecule has 2 aliphatic heterocycles. The second kappa shape index (κ2) is 6.46. The maximum Gasteiger partial charge on any atom is 0.224 e. The van der Waals surface area contributed by atoms with Crippen molar-refractivity contribution in [3.63, 3.8) is 0 Å². The number of rotatable bonds is 2. The van der Waals surface area contributed by atoms with Crippen molar-refractivity contribution >= 4 is 34.2 Å². The topological polar surface area (TPSA) is 66.8 Å². The van der Waals surface area contributed by atoms with Gasteiger partial charge >= 0.3 is 0 Å². The van der Waals surface area contributed by atoms with Gasteiger partial charge in [-0.05, 0) is 38.3 Å². The van der Waals surface area contributed by atoms with Crippen LogP contribution in [0.4, 0.5) is 5.95 Å². The SMILES string of the molecule is S=C1NCC2(CCCCC2)n2c1cc1cnc(N[C@@H]3CCCNC3)nc12. The van der Waals surface area contributed by atoms with E-state index in [4.69, 9.17) is 17.2 Å². The molecule has 0 aromatic carbocycles. The van der Waals surface area contributed by atoms with E-state index in [9.17, 15) is 0 Å². The average Bonchev–Trinajstić information content (AvgIpc) is 3.07. The number of piperidine rings is 1. The third kappa shape index (κ3) is 2.68. The fourth-order valence-corrected chi connectivity index (χ4v) is 5.11. The molecule has 6 nitrogen and oxygen atoms in total. The third-order valence-electron chi connectivity index (χ3n) is 6.24. The number of nitrogens with zero attached hydrogens (tertiary/aromatic N) is 3. The van der Waals surface area contributed by atoms with E-state index in [1.54, 1.807) is 0 Å². The van der Waals surface area contributed by atoms with Gasteiger partial charge in [0.2, 0.25) is 5.95 Å². The van der Waals surface area contributed by atoms with Crippen LogP contribution in [0.5, 0.6) is 0 Å². The maximum absolute atomic E-state index is 5.61. The number of aromatic nitrogens is 3. The van der Waals surface area contributed by atoms with Gasteiger partial charge in [0, 0.05) is 30.7 Å². The first-order chi connectivity index (χ1) is 12.8. The van der Waals surface area contributed by atoms with E-state index in [-0.39, 0.29) is 5.54 Å². The smallest absolute Gasteiger partial charge is 0.224 e. The molecule has 1 aliphatic carbocycles. The molecule has 1 saturated heterocycles. The Labute approximate surface area is 159 Å². The minimum absolute atomic E-state index is 0.107. The highest BCUT2D eigenvalue weighted by molar-refractivity contribution is 7.80. The highest BCUT2D eigenvalue weighted by atomic mass is 32.1. The first kappa shape index (κ1) is 16.4. The van der Waals surface area contributed by atoms with E-state index in [2.05, 4.69) is 31.6 Å². The molecule has 138 valence electrons. The zero-order valence-electron chi connectivity index (χ0n) is 15.1. The standard InChI is InChI=1S/C19H26N6S/c26-17-15-9-13-10-21-18(23-14-5-4-8-20-11-14)24-16(13)25(15)19(12-22-17)6-2-1-3-7-19/h9-10,14,20H,1-8,11-12H2,(H,22,26)(H,21,23,24)/t14-/m1/s1. The van der Waals surface area contributed by atoms with Crippen LogP contribution >= 0.6 is 12.2 Å². The summed E-state index contributed by atoms with van der Waals surface area (Å²) in [7, 11) is 0. The van der Waals surface area contributed by atoms with Crippen molar-refractivity contribution in [1.29, 1.82) is 0 Å². The van der Waals surface area contributed by atoms with Crippen molar-refractivity contribution in [1.82, 2.24) is 25.2 Å². The molecular weight excluding hydrogens is 344 g/mol. The van der Waals surface area contributed by atoms with Crippen molar-refractivity contribution in [2.75, 3.05) is 25.0 Å². The summed E-state index contributed by atoms with van der Waals surface area (Å²) in [6.07, 6.45) is 10.6. The molecule has 26 heavy (non-hydrogen) atoms. The Morgan fingerprint density at radius 1 is 1.23 bits per heavy atom. The largest absolute Gasteiger partial charge is 0.372 e. The summed E-state index contributed by atoms with van der Waals surface area (Å²) in [6.45, 7) is 3.00. The van der Waals surface area contributed by atoms with E-state index >= 15 is 0 Å². The lowest BCUT2D eigenvalue weighted by atomic mass is 9.80. The Kier molecular flexibility index (Phi) is 4.09. The number of hydrogen-bond donors (Lipinski definition) is 3. The van der Waals surface area contributed by atoms with Gasteiger partial charge in [0.15, 0.2) is 0 Å². The molecule has 2 aromatic rings. The van der Waals surface area contributed by atoms with Crippen molar-refractivity contribution in [3.8, 4) is 0 Å². The molecular formula is C19H26N6S. The second-order valence-electron chi connectivity index (χ2n) is 7.99. The van der Waals surface area contributed by atoms with Crippen molar-refractivity contribution < 1.29 is 0 Å². The van der Waals surface area contributed by atoms with Crippen LogP contribution in [0.1, 0.15) is 50.6 Å². The molecule has 2 fully saturated rings. The molecule has 4 heterocycles. The van der Waals surface area contributed by atoms with E-state index in [1.165, 1.54) is 44.9 Å². The van der Waals surface area contributed by atoms with Gasteiger partial charge in [-0.2, -0.15) is 4.98 Å². The van der Waals surface area contributed by atoms with Gasteiger partial charge in [0.1, 0.15) is 10.6 Å². The highest BCUT2D eigenvalue weighted by Crippen LogP contribution is 2.40. The van der Waals surface area contributed by atoms with Crippen molar-refractivity contribution in [3.05, 3.63) is 18.0 Å². The molecule has 1 atom stereocenters. The fourth-order valence-electron chi connectivity index (χ4n) is 4.89. The van der Waals surface area contributed by atoms with Crippen LogP contribution in [-0.2, 0) is 5.54 Å². The summed E-state index contributed by atoms with van der Waals surface area (Å²) in [5.74, 6) is 0.738. The molecule has 3 aliphatic rings. The quantitative estimate of drug-likeness (QED) is 0.706. The number of nitrogens with one attached hydrogen (secondary N) is 3. The number of thiocarbonyl (C=S) groups is 1. The van der Waals surface area contributed by atoms with Crippen LogP contribution in [0.2, 0.25) is 0 Å². The van der Waals surface area contributed by atoms with Gasteiger partial charge < -0.3 is 20.5 Å². The van der Waals surface area contributed by atoms with E-state index in [0.717, 1.165) is 47.3 Å². The summed E-state index contributed by atoms with van der Waals surface area (Å²) in [5, 5.41) is 11.5. The molecule has 1 spiro atoms. The molecule has 2 aromatic heterocycles. The second-order valence-corrected chi connectivity index (χ2v) is 8.40. The summed E-state index contributed by atoms with van der Waals surface area (Å²) >= 11 is 5.61. The fraction of sp³-hybridized carbons (Fsp3) is 0.632. The Morgan fingerprint density at radius 3 is 2.92 bits per heavy atom. The predicted molar refractivity (Wildman–Crippen MR) is 108 cm³/mol. The molecule has 0 unspecified atom stereocenters. The van der Waals surface area contributed by atoms with Gasteiger partial charge in [-0.15, -0.1) is 0 Å². The van der Waals surface area contributed by atoms with Gasteiger partial charge in [0.05, 0.1) is 11.2 Å². The van der Waals surface area contributed by atoms with Gasteiger partial charge in [-0.3, -0.25) is 0 Å². The summed E-state index contributed by atoms with van der Waals surface area (Å²) in [4.78, 5) is 10.4. The monoisotopic (exact) mass is 370 g/mol. The normalized spacial score (nSPS) is 25.1. The van der Waals surface area contributed by atoms with Crippen LogP contribution < -0.4 is 16.0 Å².